The molecule has 2 N–H and O–H groups in total. The van der Waals surface area contributed by atoms with Gasteiger partial charge in [-0.1, -0.05) is 48.5 Å². The molecule has 1 heterocycles. The molecule has 0 aromatic heterocycles. The van der Waals surface area contributed by atoms with Crippen LogP contribution in [-0.2, 0) is 14.3 Å². The summed E-state index contributed by atoms with van der Waals surface area (Å²) >= 11 is 1.87. The van der Waals surface area contributed by atoms with Crippen LogP contribution in [0.5, 0.6) is 0 Å². The normalized spacial score (nSPS) is 17.5. The summed E-state index contributed by atoms with van der Waals surface area (Å²) in [5, 5.41) is 11.7. The van der Waals surface area contributed by atoms with Gasteiger partial charge in [-0.05, 0) is 52.5 Å². The topological polar surface area (TPSA) is 95.9 Å². The molecule has 180 valence electrons. The number of carboxylic acids is 1. The first-order valence-corrected chi connectivity index (χ1v) is 12.8. The smallest absolute Gasteiger partial charge is 0.407 e. The molecule has 4 rings (SSSR count). The lowest BCUT2D eigenvalue weighted by atomic mass is 9.98. The molecule has 0 radical (unpaired) electrons. The predicted molar refractivity (Wildman–Crippen MR) is 132 cm³/mol. The molecule has 0 saturated carbocycles. The second kappa shape index (κ2) is 11.0. The highest BCUT2D eigenvalue weighted by molar-refractivity contribution is 7.99. The fourth-order valence-corrected chi connectivity index (χ4v) is 6.05. The van der Waals surface area contributed by atoms with Gasteiger partial charge in [0.15, 0.2) is 0 Å². The maximum atomic E-state index is 13.0. The maximum absolute atomic E-state index is 13.0. The number of hydrogen-bond donors (Lipinski definition) is 2. The predicted octanol–water partition coefficient (Wildman–Crippen LogP) is 3.97. The van der Waals surface area contributed by atoms with Gasteiger partial charge in [-0.25, -0.2) is 4.79 Å². The first-order chi connectivity index (χ1) is 16.4. The number of hydrogen-bond acceptors (Lipinski definition) is 5. The van der Waals surface area contributed by atoms with E-state index in [4.69, 9.17) is 9.84 Å². The number of aliphatic carboxylic acids is 1. The van der Waals surface area contributed by atoms with E-state index in [0.29, 0.717) is 12.5 Å². The van der Waals surface area contributed by atoms with Gasteiger partial charge in [0, 0.05) is 25.9 Å². The van der Waals surface area contributed by atoms with Crippen molar-refractivity contribution in [2.45, 2.75) is 31.2 Å². The molecular formula is C26H30N2O5S. The number of carbonyl (C=O) groups is 3. The Morgan fingerprint density at radius 2 is 1.76 bits per heavy atom. The Hall–Kier alpha value is -3.00. The summed E-state index contributed by atoms with van der Waals surface area (Å²) in [7, 11) is 1.71. The van der Waals surface area contributed by atoms with Crippen LogP contribution in [0.3, 0.4) is 0 Å². The lowest BCUT2D eigenvalue weighted by Crippen LogP contribution is -2.49. The number of carboxylic acid groups (broad SMARTS) is 1. The minimum absolute atomic E-state index is 0.0160. The van der Waals surface area contributed by atoms with Crippen LogP contribution in [-0.4, -0.2) is 65.7 Å². The number of fused-ring (bicyclic) bond motifs is 3. The number of rotatable bonds is 9. The fraction of sp³-hybridized carbons (Fsp3) is 0.423. The van der Waals surface area contributed by atoms with Gasteiger partial charge in [0.2, 0.25) is 5.91 Å². The molecule has 2 aromatic carbocycles. The summed E-state index contributed by atoms with van der Waals surface area (Å²) in [6.45, 7) is 0.733. The number of thioether (sulfide) groups is 1. The minimum Gasteiger partial charge on any atom is -0.481 e. The van der Waals surface area contributed by atoms with Gasteiger partial charge in [-0.3, -0.25) is 9.59 Å². The van der Waals surface area contributed by atoms with E-state index in [2.05, 4.69) is 17.4 Å². The van der Waals surface area contributed by atoms with E-state index in [9.17, 15) is 14.4 Å². The molecular weight excluding hydrogens is 452 g/mol. The Morgan fingerprint density at radius 3 is 2.35 bits per heavy atom. The third-order valence-electron chi connectivity index (χ3n) is 6.51. The van der Waals surface area contributed by atoms with Crippen molar-refractivity contribution in [1.82, 2.24) is 10.2 Å². The number of amides is 2. The van der Waals surface area contributed by atoms with E-state index in [1.54, 1.807) is 11.9 Å². The minimum atomic E-state index is -1.01. The molecule has 2 aliphatic rings. The van der Waals surface area contributed by atoms with Crippen molar-refractivity contribution in [2.24, 2.45) is 5.92 Å². The zero-order valence-corrected chi connectivity index (χ0v) is 20.1. The second-order valence-corrected chi connectivity index (χ2v) is 10.1. The van der Waals surface area contributed by atoms with Crippen LogP contribution >= 0.6 is 11.8 Å². The third kappa shape index (κ3) is 5.55. The molecule has 34 heavy (non-hydrogen) atoms. The Kier molecular flexibility index (Phi) is 7.77. The summed E-state index contributed by atoms with van der Waals surface area (Å²) in [4.78, 5) is 38.4. The van der Waals surface area contributed by atoms with Gasteiger partial charge in [-0.2, -0.15) is 11.8 Å². The Morgan fingerprint density at radius 1 is 1.12 bits per heavy atom. The zero-order valence-electron chi connectivity index (χ0n) is 19.2. The highest BCUT2D eigenvalue weighted by Crippen LogP contribution is 2.44. The van der Waals surface area contributed by atoms with E-state index >= 15 is 0 Å². The SMILES string of the molecule is CN(CC1CCSC1)C(=O)C(CCC(=O)O)NC(=O)OCC1c2ccccc2-c2ccccc21. The van der Waals surface area contributed by atoms with Crippen LogP contribution in [0.4, 0.5) is 4.79 Å². The van der Waals surface area contributed by atoms with Gasteiger partial charge >= 0.3 is 12.1 Å². The van der Waals surface area contributed by atoms with Gasteiger partial charge in [-0.15, -0.1) is 0 Å². The molecule has 2 atom stereocenters. The van der Waals surface area contributed by atoms with Gasteiger partial charge < -0.3 is 20.1 Å². The van der Waals surface area contributed by atoms with E-state index in [1.165, 1.54) is 0 Å². The van der Waals surface area contributed by atoms with Crippen LogP contribution in [0.1, 0.15) is 36.3 Å². The summed E-state index contributed by atoms with van der Waals surface area (Å²) in [6.07, 6.45) is 0.146. The molecule has 0 spiro atoms. The van der Waals surface area contributed by atoms with Crippen molar-refractivity contribution < 1.29 is 24.2 Å². The first kappa shape index (κ1) is 24.1. The summed E-state index contributed by atoms with van der Waals surface area (Å²) in [6, 6.07) is 15.2. The molecule has 7 nitrogen and oxygen atoms in total. The lowest BCUT2D eigenvalue weighted by molar-refractivity contribution is -0.137. The van der Waals surface area contributed by atoms with Crippen LogP contribution in [0.2, 0.25) is 0 Å². The standard InChI is InChI=1S/C26H30N2O5S/c1-28(14-17-12-13-34-16-17)25(31)23(10-11-24(29)30)27-26(32)33-15-22-20-8-4-2-6-18(20)19-7-3-5-9-21(19)22/h2-9,17,22-23H,10-16H2,1H3,(H,27,32)(H,29,30). The molecule has 2 aromatic rings. The van der Waals surface area contributed by atoms with Crippen LogP contribution in [0.25, 0.3) is 11.1 Å². The first-order valence-electron chi connectivity index (χ1n) is 11.6. The van der Waals surface area contributed by atoms with E-state index in [0.717, 1.165) is 40.2 Å². The molecule has 1 aliphatic heterocycles. The monoisotopic (exact) mass is 482 g/mol. The van der Waals surface area contributed by atoms with Crippen LogP contribution in [0, 0.1) is 5.92 Å². The average molecular weight is 483 g/mol. The van der Waals surface area contributed by atoms with Crippen molar-refractivity contribution >= 4 is 29.7 Å². The van der Waals surface area contributed by atoms with Crippen LogP contribution < -0.4 is 5.32 Å². The van der Waals surface area contributed by atoms with Crippen LogP contribution in [0.15, 0.2) is 48.5 Å². The van der Waals surface area contributed by atoms with Gasteiger partial charge in [0.25, 0.3) is 0 Å². The summed E-state index contributed by atoms with van der Waals surface area (Å²) in [5.74, 6) is 1.14. The van der Waals surface area contributed by atoms with Gasteiger partial charge in [0.05, 0.1) is 0 Å². The number of carbonyl (C=O) groups excluding carboxylic acids is 2. The molecule has 1 saturated heterocycles. The Balaban J connectivity index is 1.39. The number of likely N-dealkylation sites (N-methyl/N-ethyl adjacent to an activating group) is 1. The molecule has 1 aliphatic carbocycles. The highest BCUT2D eigenvalue weighted by Gasteiger charge is 2.31. The second-order valence-electron chi connectivity index (χ2n) is 8.90. The van der Waals surface area contributed by atoms with Gasteiger partial charge in [0.1, 0.15) is 12.6 Å². The van der Waals surface area contributed by atoms with Crippen molar-refractivity contribution in [3.63, 3.8) is 0 Å². The number of nitrogens with one attached hydrogen (secondary N) is 1. The van der Waals surface area contributed by atoms with E-state index in [1.807, 2.05) is 48.2 Å². The van der Waals surface area contributed by atoms with E-state index in [-0.39, 0.29) is 31.3 Å². The number of alkyl carbamates (subject to hydrolysis) is 1. The quantitative estimate of drug-likeness (QED) is 0.562. The lowest BCUT2D eigenvalue weighted by Gasteiger charge is -2.26. The molecule has 2 unspecified atom stereocenters. The maximum Gasteiger partial charge on any atom is 0.407 e. The molecule has 2 amide bonds. The Labute approximate surface area is 203 Å². The van der Waals surface area contributed by atoms with Crippen molar-refractivity contribution in [3.05, 3.63) is 59.7 Å². The Bertz CT molecular complexity index is 1010. The molecule has 0 bridgehead atoms. The van der Waals surface area contributed by atoms with E-state index < -0.39 is 18.1 Å². The largest absolute Gasteiger partial charge is 0.481 e. The number of benzene rings is 2. The average Bonchev–Trinajstić information content (AvgIpc) is 3.46. The van der Waals surface area contributed by atoms with Crippen molar-refractivity contribution in [2.75, 3.05) is 31.7 Å². The van der Waals surface area contributed by atoms with Crippen molar-refractivity contribution in [1.29, 1.82) is 0 Å². The fourth-order valence-electron chi connectivity index (χ4n) is 4.78. The third-order valence-corrected chi connectivity index (χ3v) is 7.74. The molecule has 8 heteroatoms. The summed E-state index contributed by atoms with van der Waals surface area (Å²) in [5.41, 5.74) is 4.47. The number of nitrogens with zero attached hydrogens (tertiary/aromatic N) is 1. The summed E-state index contributed by atoms with van der Waals surface area (Å²) < 4.78 is 5.57. The van der Waals surface area contributed by atoms with Crippen molar-refractivity contribution in [3.8, 4) is 11.1 Å². The molecule has 1 fully saturated rings. The number of ether oxygens (including phenoxy) is 1. The highest BCUT2D eigenvalue weighted by atomic mass is 32.2. The zero-order chi connectivity index (χ0) is 24.1.